The summed E-state index contributed by atoms with van der Waals surface area (Å²) >= 11 is 3.37. The van der Waals surface area contributed by atoms with Gasteiger partial charge in [0, 0.05) is 24.2 Å². The van der Waals surface area contributed by atoms with Crippen LogP contribution >= 0.6 is 15.9 Å². The number of carbonyl (C=O) groups is 3. The second kappa shape index (κ2) is 7.55. The van der Waals surface area contributed by atoms with E-state index in [1.807, 2.05) is 0 Å². The Morgan fingerprint density at radius 1 is 1.22 bits per heavy atom. The summed E-state index contributed by atoms with van der Waals surface area (Å²) in [5, 5.41) is 34.2. The van der Waals surface area contributed by atoms with Crippen LogP contribution in [0.15, 0.2) is 0 Å². The molecule has 0 aromatic carbocycles. The van der Waals surface area contributed by atoms with Gasteiger partial charge in [-0.2, -0.15) is 0 Å². The molecule has 0 bridgehead atoms. The zero-order valence-corrected chi connectivity index (χ0v) is 20.2. The monoisotopic (exact) mass is 518 g/mol. The first-order valence-electron chi connectivity index (χ1n) is 11.3. The van der Waals surface area contributed by atoms with E-state index < -0.39 is 63.4 Å². The largest absolute Gasteiger partial charge is 0.458 e. The van der Waals surface area contributed by atoms with Crippen LogP contribution < -0.4 is 0 Å². The van der Waals surface area contributed by atoms with Crippen LogP contribution in [0.25, 0.3) is 0 Å². The molecule has 3 N–H and O–H groups in total. The molecule has 0 saturated heterocycles. The lowest BCUT2D eigenvalue weighted by Gasteiger charge is -2.65. The van der Waals surface area contributed by atoms with Gasteiger partial charge in [0.15, 0.2) is 6.61 Å². The molecule has 32 heavy (non-hydrogen) atoms. The Balaban J connectivity index is 1.71. The predicted molar refractivity (Wildman–Crippen MR) is 115 cm³/mol. The third kappa shape index (κ3) is 3.03. The van der Waals surface area contributed by atoms with E-state index in [1.165, 1.54) is 6.92 Å². The van der Waals surface area contributed by atoms with Crippen molar-refractivity contribution in [1.82, 2.24) is 0 Å². The van der Waals surface area contributed by atoms with E-state index in [0.717, 1.165) is 0 Å². The molecule has 7 nitrogen and oxygen atoms in total. The number of ether oxygens (including phenoxy) is 1. The molecule has 180 valence electrons. The summed E-state index contributed by atoms with van der Waals surface area (Å²) in [5.41, 5.74) is -5.71. The van der Waals surface area contributed by atoms with Crippen molar-refractivity contribution in [2.75, 3.05) is 6.61 Å². The van der Waals surface area contributed by atoms with Crippen LogP contribution in [-0.2, 0) is 19.1 Å². The zero-order chi connectivity index (χ0) is 23.9. The van der Waals surface area contributed by atoms with Crippen molar-refractivity contribution in [3.8, 4) is 0 Å². The Kier molecular flexibility index (Phi) is 5.72. The molecule has 0 amide bonds. The standard InChI is InChI=1S/C23H32BrFO7/c1-11(26)32-10-18(29)22(30)5-4-13-12-6-17(25)23(31)9-15(27)14(24)7-21(23,3)19(12)16(28)8-20(13,22)2/h12-14,16-17,19,28,30-31H,4-10H2,1-3H3/t12-,13-,14?,16?,17?,19+,20-,21+,22-,23?/m0/s1. The van der Waals surface area contributed by atoms with Crippen molar-refractivity contribution in [3.05, 3.63) is 0 Å². The van der Waals surface area contributed by atoms with Gasteiger partial charge in [0.05, 0.1) is 10.9 Å². The van der Waals surface area contributed by atoms with Gasteiger partial charge in [0.2, 0.25) is 5.78 Å². The average Bonchev–Trinajstić information content (AvgIpc) is 2.95. The highest BCUT2D eigenvalue weighted by atomic mass is 79.9. The van der Waals surface area contributed by atoms with E-state index in [-0.39, 0.29) is 49.7 Å². The number of ketones is 2. The molecule has 10 atom stereocenters. The summed E-state index contributed by atoms with van der Waals surface area (Å²) in [6.07, 6.45) is -2.08. The van der Waals surface area contributed by atoms with E-state index >= 15 is 4.39 Å². The first-order chi connectivity index (χ1) is 14.7. The summed E-state index contributed by atoms with van der Waals surface area (Å²) in [6, 6.07) is 0. The quantitative estimate of drug-likeness (QED) is 0.385. The zero-order valence-electron chi connectivity index (χ0n) is 18.6. The lowest BCUT2D eigenvalue weighted by Crippen LogP contribution is -2.72. The lowest BCUT2D eigenvalue weighted by molar-refractivity contribution is -0.260. The van der Waals surface area contributed by atoms with E-state index in [9.17, 15) is 29.7 Å². The normalized spacial score (nSPS) is 52.6. The van der Waals surface area contributed by atoms with E-state index in [0.29, 0.717) is 6.42 Å². The third-order valence-corrected chi connectivity index (χ3v) is 10.4. The molecule has 0 radical (unpaired) electrons. The Hall–Kier alpha value is -0.900. The van der Waals surface area contributed by atoms with Gasteiger partial charge in [-0.15, -0.1) is 0 Å². The van der Waals surface area contributed by atoms with Gasteiger partial charge in [-0.3, -0.25) is 14.4 Å². The van der Waals surface area contributed by atoms with Crippen LogP contribution in [0.3, 0.4) is 0 Å². The van der Waals surface area contributed by atoms with Crippen molar-refractivity contribution in [2.24, 2.45) is 28.6 Å². The Labute approximate surface area is 195 Å². The molecule has 4 fully saturated rings. The van der Waals surface area contributed by atoms with Crippen molar-refractivity contribution < 1.29 is 38.8 Å². The van der Waals surface area contributed by atoms with Crippen molar-refractivity contribution in [3.63, 3.8) is 0 Å². The molecule has 9 heteroatoms. The Morgan fingerprint density at radius 2 is 1.88 bits per heavy atom. The van der Waals surface area contributed by atoms with Gasteiger partial charge < -0.3 is 20.1 Å². The summed E-state index contributed by atoms with van der Waals surface area (Å²) < 4.78 is 20.4. The fourth-order valence-electron chi connectivity index (χ4n) is 7.90. The van der Waals surface area contributed by atoms with Gasteiger partial charge in [-0.25, -0.2) is 4.39 Å². The van der Waals surface area contributed by atoms with Crippen LogP contribution in [0, 0.1) is 28.6 Å². The minimum atomic E-state index is -1.86. The number of aliphatic hydroxyl groups is 3. The number of halogens is 2. The van der Waals surface area contributed by atoms with E-state index in [1.54, 1.807) is 13.8 Å². The maximum absolute atomic E-state index is 15.6. The summed E-state index contributed by atoms with van der Waals surface area (Å²) in [5.74, 6) is -2.58. The van der Waals surface area contributed by atoms with Crippen LogP contribution in [0.4, 0.5) is 4.39 Å². The Bertz CT molecular complexity index is 852. The molecular formula is C23H32BrFO7. The molecule has 0 aromatic heterocycles. The third-order valence-electron chi connectivity index (χ3n) is 9.59. The Morgan fingerprint density at radius 3 is 2.50 bits per heavy atom. The summed E-state index contributed by atoms with van der Waals surface area (Å²) in [7, 11) is 0. The number of esters is 1. The van der Waals surface area contributed by atoms with Crippen LogP contribution in [0.2, 0.25) is 0 Å². The molecule has 4 aliphatic rings. The summed E-state index contributed by atoms with van der Waals surface area (Å²) in [4.78, 5) is 35.9. The second-order valence-electron chi connectivity index (χ2n) is 10.9. The van der Waals surface area contributed by atoms with Crippen molar-refractivity contribution in [2.45, 2.75) is 87.6 Å². The highest BCUT2D eigenvalue weighted by molar-refractivity contribution is 9.10. The maximum Gasteiger partial charge on any atom is 0.303 e. The van der Waals surface area contributed by atoms with Crippen LogP contribution in [0.1, 0.15) is 59.3 Å². The molecule has 4 aliphatic carbocycles. The SMILES string of the molecule is CC(=O)OCC(=O)[C@@]1(O)CC[C@H]2[C@@H]3CC(F)C4(O)CC(=O)C(Br)C[C@]4(C)[C@H]3C(O)C[C@@]21C. The smallest absolute Gasteiger partial charge is 0.303 e. The molecule has 0 heterocycles. The van der Waals surface area contributed by atoms with Gasteiger partial charge >= 0.3 is 5.97 Å². The second-order valence-corrected chi connectivity index (χ2v) is 12.1. The van der Waals surface area contributed by atoms with Gasteiger partial charge in [-0.05, 0) is 49.9 Å². The first kappa shape index (κ1) is 24.2. The topological polar surface area (TPSA) is 121 Å². The molecular weight excluding hydrogens is 487 g/mol. The number of hydrogen-bond acceptors (Lipinski definition) is 7. The summed E-state index contributed by atoms with van der Waals surface area (Å²) in [6.45, 7) is 4.15. The number of aliphatic hydroxyl groups excluding tert-OH is 1. The minimum Gasteiger partial charge on any atom is -0.458 e. The number of carbonyl (C=O) groups excluding carboxylic acids is 3. The highest BCUT2D eigenvalue weighted by Crippen LogP contribution is 2.69. The highest BCUT2D eigenvalue weighted by Gasteiger charge is 2.73. The van der Waals surface area contributed by atoms with E-state index in [4.69, 9.17) is 4.74 Å². The number of fused-ring (bicyclic) bond motifs is 5. The first-order valence-corrected chi connectivity index (χ1v) is 12.2. The van der Waals surface area contributed by atoms with Gasteiger partial charge in [0.1, 0.15) is 23.2 Å². The molecule has 4 saturated carbocycles. The molecule has 0 aliphatic heterocycles. The fourth-order valence-corrected chi connectivity index (χ4v) is 8.73. The number of Topliss-reactive ketones (excluding diaryl/α,β-unsaturated/α-hetero) is 2. The molecule has 0 spiro atoms. The fraction of sp³-hybridized carbons (Fsp3) is 0.870. The average molecular weight is 519 g/mol. The molecule has 4 rings (SSSR count). The maximum atomic E-state index is 15.6. The van der Waals surface area contributed by atoms with Crippen LogP contribution in [0.5, 0.6) is 0 Å². The van der Waals surface area contributed by atoms with Gasteiger partial charge in [-0.1, -0.05) is 29.8 Å². The number of alkyl halides is 2. The minimum absolute atomic E-state index is 0.0392. The van der Waals surface area contributed by atoms with E-state index in [2.05, 4.69) is 15.9 Å². The van der Waals surface area contributed by atoms with Crippen molar-refractivity contribution >= 4 is 33.5 Å². The number of hydrogen-bond donors (Lipinski definition) is 3. The molecule has 4 unspecified atom stereocenters. The van der Waals surface area contributed by atoms with Crippen LogP contribution in [-0.4, -0.2) is 67.8 Å². The predicted octanol–water partition coefficient (Wildman–Crippen LogP) is 1.87. The van der Waals surface area contributed by atoms with Crippen molar-refractivity contribution in [1.29, 1.82) is 0 Å². The van der Waals surface area contributed by atoms with Gasteiger partial charge in [0.25, 0.3) is 0 Å². The lowest BCUT2D eigenvalue weighted by atomic mass is 9.41. The number of rotatable bonds is 3. The molecule has 0 aromatic rings.